The molecule has 0 spiro atoms. The Hall–Kier alpha value is -1.94. The number of thiophene rings is 1. The Labute approximate surface area is 181 Å². The van der Waals surface area contributed by atoms with Gasteiger partial charge in [-0.25, -0.2) is 8.42 Å². The smallest absolute Gasteiger partial charge is 0.252 e. The maximum Gasteiger partial charge on any atom is 0.252 e. The number of ether oxygens (including phenoxy) is 2. The molecular weight excluding hydrogens is 424 g/mol. The zero-order valence-corrected chi connectivity index (χ0v) is 18.3. The summed E-state index contributed by atoms with van der Waals surface area (Å²) < 4.78 is 38.3. The van der Waals surface area contributed by atoms with Gasteiger partial charge in [0.1, 0.15) is 16.6 Å². The first-order chi connectivity index (χ1) is 14.5. The lowest BCUT2D eigenvalue weighted by molar-refractivity contribution is 0.0679. The highest BCUT2D eigenvalue weighted by Crippen LogP contribution is 2.27. The number of hydrogen-bond acceptors (Lipinski definition) is 6. The lowest BCUT2D eigenvalue weighted by Gasteiger charge is -2.13. The van der Waals surface area contributed by atoms with Gasteiger partial charge in [-0.15, -0.1) is 11.3 Å². The molecule has 0 bridgehead atoms. The molecule has 7 nitrogen and oxygen atoms in total. The third-order valence-corrected chi connectivity index (χ3v) is 8.75. The normalized spacial score (nSPS) is 19.8. The van der Waals surface area contributed by atoms with Crippen molar-refractivity contribution in [1.29, 1.82) is 0 Å². The third-order valence-electron chi connectivity index (χ3n) is 5.30. The lowest BCUT2D eigenvalue weighted by atomic mass is 10.2. The predicted molar refractivity (Wildman–Crippen MR) is 114 cm³/mol. The van der Waals surface area contributed by atoms with E-state index in [9.17, 15) is 13.2 Å². The summed E-state index contributed by atoms with van der Waals surface area (Å²) in [6, 6.07) is 10.4. The van der Waals surface area contributed by atoms with Gasteiger partial charge >= 0.3 is 0 Å². The first kappa shape index (κ1) is 21.3. The van der Waals surface area contributed by atoms with Crippen LogP contribution in [0, 0.1) is 0 Å². The van der Waals surface area contributed by atoms with Crippen molar-refractivity contribution in [3.8, 4) is 5.75 Å². The molecule has 0 aliphatic carbocycles. The molecule has 162 valence electrons. The zero-order valence-electron chi connectivity index (χ0n) is 16.7. The van der Waals surface area contributed by atoms with Crippen LogP contribution < -0.4 is 10.1 Å². The summed E-state index contributed by atoms with van der Waals surface area (Å²) >= 11 is 1.21. The molecule has 1 atom stereocenters. The van der Waals surface area contributed by atoms with E-state index in [1.807, 2.05) is 0 Å². The summed E-state index contributed by atoms with van der Waals surface area (Å²) in [6.45, 7) is 2.77. The standard InChI is InChI=1S/C21H26N2O5S2/c24-21(16-5-7-17(8-6-16)28-15-18-4-3-13-27-18)22-14-19-9-10-20(29-19)30(25,26)23-11-1-2-12-23/h5-10,18H,1-4,11-15H2,(H,22,24). The fraction of sp³-hybridized carbons (Fsp3) is 0.476. The van der Waals surface area contributed by atoms with Crippen LogP contribution in [0.15, 0.2) is 40.6 Å². The summed E-state index contributed by atoms with van der Waals surface area (Å²) in [7, 11) is -3.41. The average molecular weight is 451 g/mol. The van der Waals surface area contributed by atoms with Gasteiger partial charge in [-0.2, -0.15) is 4.31 Å². The minimum atomic E-state index is -3.41. The van der Waals surface area contributed by atoms with Gasteiger partial charge in [0.25, 0.3) is 15.9 Å². The Morgan fingerprint density at radius 1 is 1.13 bits per heavy atom. The van der Waals surface area contributed by atoms with Crippen molar-refractivity contribution in [2.45, 2.75) is 42.5 Å². The summed E-state index contributed by atoms with van der Waals surface area (Å²) in [4.78, 5) is 13.2. The number of sulfonamides is 1. The average Bonchev–Trinajstić information content (AvgIpc) is 3.53. The zero-order chi connectivity index (χ0) is 21.0. The molecule has 2 saturated heterocycles. The first-order valence-electron chi connectivity index (χ1n) is 10.2. The Balaban J connectivity index is 1.28. The summed E-state index contributed by atoms with van der Waals surface area (Å²) in [5.74, 6) is 0.495. The van der Waals surface area contributed by atoms with Crippen LogP contribution in [0.1, 0.15) is 40.9 Å². The van der Waals surface area contributed by atoms with Gasteiger partial charge in [-0.3, -0.25) is 4.79 Å². The summed E-state index contributed by atoms with van der Waals surface area (Å²) in [5.41, 5.74) is 0.529. The van der Waals surface area contributed by atoms with Crippen LogP contribution in [-0.4, -0.2) is 51.0 Å². The Morgan fingerprint density at radius 2 is 1.90 bits per heavy atom. The van der Waals surface area contributed by atoms with Crippen LogP contribution in [0.25, 0.3) is 0 Å². The van der Waals surface area contributed by atoms with Gasteiger partial charge in [-0.05, 0) is 62.1 Å². The largest absolute Gasteiger partial charge is 0.491 e. The number of amides is 1. The third kappa shape index (κ3) is 5.03. The van der Waals surface area contributed by atoms with Crippen molar-refractivity contribution in [2.24, 2.45) is 0 Å². The van der Waals surface area contributed by atoms with Gasteiger partial charge in [0.15, 0.2) is 0 Å². The molecular formula is C21H26N2O5S2. The molecule has 3 heterocycles. The highest BCUT2D eigenvalue weighted by atomic mass is 32.2. The Morgan fingerprint density at radius 3 is 2.60 bits per heavy atom. The molecule has 1 unspecified atom stereocenters. The maximum atomic E-state index is 12.6. The van der Waals surface area contributed by atoms with Crippen LogP contribution >= 0.6 is 11.3 Å². The molecule has 4 rings (SSSR count). The maximum absolute atomic E-state index is 12.6. The molecule has 0 saturated carbocycles. The predicted octanol–water partition coefficient (Wildman–Crippen LogP) is 3.02. The number of benzene rings is 1. The van der Waals surface area contributed by atoms with Crippen molar-refractivity contribution in [3.63, 3.8) is 0 Å². The first-order valence-corrected chi connectivity index (χ1v) is 12.5. The molecule has 1 aromatic heterocycles. The molecule has 1 amide bonds. The SMILES string of the molecule is O=C(NCc1ccc(S(=O)(=O)N2CCCC2)s1)c1ccc(OCC2CCCO2)cc1. The minimum absolute atomic E-state index is 0.151. The van der Waals surface area contributed by atoms with E-state index in [-0.39, 0.29) is 18.6 Å². The Kier molecular flexibility index (Phi) is 6.72. The number of rotatable bonds is 8. The second-order valence-electron chi connectivity index (χ2n) is 7.49. The van der Waals surface area contributed by atoms with E-state index in [0.717, 1.165) is 37.2 Å². The van der Waals surface area contributed by atoms with Crippen LogP contribution in [0.3, 0.4) is 0 Å². The summed E-state index contributed by atoms with van der Waals surface area (Å²) in [5, 5.41) is 2.85. The number of carbonyl (C=O) groups is 1. The van der Waals surface area contributed by atoms with Crippen LogP contribution in [0.4, 0.5) is 0 Å². The van der Waals surface area contributed by atoms with E-state index in [1.165, 1.54) is 15.6 Å². The van der Waals surface area contributed by atoms with Crippen molar-refractivity contribution in [2.75, 3.05) is 26.3 Å². The van der Waals surface area contributed by atoms with E-state index < -0.39 is 10.0 Å². The van der Waals surface area contributed by atoms with Crippen molar-refractivity contribution < 1.29 is 22.7 Å². The van der Waals surface area contributed by atoms with Crippen molar-refractivity contribution in [3.05, 3.63) is 46.8 Å². The second-order valence-corrected chi connectivity index (χ2v) is 10.8. The van der Waals surface area contributed by atoms with Gasteiger partial charge in [0, 0.05) is 30.1 Å². The Bertz CT molecular complexity index is 960. The van der Waals surface area contributed by atoms with Gasteiger partial charge < -0.3 is 14.8 Å². The van der Waals surface area contributed by atoms with E-state index >= 15 is 0 Å². The van der Waals surface area contributed by atoms with E-state index in [2.05, 4.69) is 5.32 Å². The van der Waals surface area contributed by atoms with E-state index in [0.29, 0.717) is 35.2 Å². The molecule has 9 heteroatoms. The number of nitrogens with zero attached hydrogens (tertiary/aromatic N) is 1. The molecule has 1 N–H and O–H groups in total. The van der Waals surface area contributed by atoms with Gasteiger partial charge in [0.05, 0.1) is 12.6 Å². The molecule has 2 aromatic rings. The molecule has 2 fully saturated rings. The molecule has 30 heavy (non-hydrogen) atoms. The molecule has 2 aliphatic rings. The second kappa shape index (κ2) is 9.47. The van der Waals surface area contributed by atoms with Crippen LogP contribution in [0.2, 0.25) is 0 Å². The quantitative estimate of drug-likeness (QED) is 0.668. The van der Waals surface area contributed by atoms with Gasteiger partial charge in [0.2, 0.25) is 0 Å². The monoisotopic (exact) mass is 450 g/mol. The van der Waals surface area contributed by atoms with Gasteiger partial charge in [-0.1, -0.05) is 0 Å². The highest BCUT2D eigenvalue weighted by Gasteiger charge is 2.28. The van der Waals surface area contributed by atoms with Crippen molar-refractivity contribution >= 4 is 27.3 Å². The lowest BCUT2D eigenvalue weighted by Crippen LogP contribution is -2.27. The van der Waals surface area contributed by atoms with Crippen molar-refractivity contribution in [1.82, 2.24) is 9.62 Å². The fourth-order valence-corrected chi connectivity index (χ4v) is 6.55. The number of carbonyl (C=O) groups excluding carboxylic acids is 1. The minimum Gasteiger partial charge on any atom is -0.491 e. The number of hydrogen-bond donors (Lipinski definition) is 1. The molecule has 2 aliphatic heterocycles. The van der Waals surface area contributed by atoms with E-state index in [1.54, 1.807) is 36.4 Å². The molecule has 1 aromatic carbocycles. The highest BCUT2D eigenvalue weighted by molar-refractivity contribution is 7.91. The molecule has 0 radical (unpaired) electrons. The fourth-order valence-electron chi connectivity index (χ4n) is 3.58. The number of nitrogens with one attached hydrogen (secondary N) is 1. The van der Waals surface area contributed by atoms with E-state index in [4.69, 9.17) is 9.47 Å². The van der Waals surface area contributed by atoms with Crippen LogP contribution in [-0.2, 0) is 21.3 Å². The topological polar surface area (TPSA) is 84.9 Å². The van der Waals surface area contributed by atoms with Crippen LogP contribution in [0.5, 0.6) is 5.75 Å². The summed E-state index contributed by atoms with van der Waals surface area (Å²) in [6.07, 6.45) is 4.06.